The molecule has 8 heteroatoms. The highest BCUT2D eigenvalue weighted by Crippen LogP contribution is 2.25. The summed E-state index contributed by atoms with van der Waals surface area (Å²) in [5.41, 5.74) is 6.05. The lowest BCUT2D eigenvalue weighted by atomic mass is 10.2. The van der Waals surface area contributed by atoms with Gasteiger partial charge in [-0.1, -0.05) is 11.6 Å². The number of hydrogen-bond acceptors (Lipinski definition) is 6. The Kier molecular flexibility index (Phi) is 5.95. The van der Waals surface area contributed by atoms with Crippen LogP contribution in [0.3, 0.4) is 0 Å². The summed E-state index contributed by atoms with van der Waals surface area (Å²) in [5, 5.41) is 8.30. The molecule has 0 radical (unpaired) electrons. The third kappa shape index (κ3) is 4.67. The molecule has 0 aliphatic carbocycles. The fraction of sp³-hybridized carbons (Fsp3) is 0.267. The maximum absolute atomic E-state index is 11.6. The summed E-state index contributed by atoms with van der Waals surface area (Å²) in [6.07, 6.45) is -0.504. The van der Waals surface area contributed by atoms with Crippen molar-refractivity contribution in [3.05, 3.63) is 40.5 Å². The number of hydrogen-bond donors (Lipinski definition) is 2. The SMILES string of the molecule is CCOC(=O)Nc1snc(C)c1/C(C)=N/Nc1ccc(Cl)cc1. The maximum Gasteiger partial charge on any atom is 0.412 e. The Hall–Kier alpha value is -2.12. The summed E-state index contributed by atoms with van der Waals surface area (Å²) in [6.45, 7) is 5.77. The molecule has 0 spiro atoms. The minimum Gasteiger partial charge on any atom is -0.450 e. The smallest absolute Gasteiger partial charge is 0.412 e. The second-order valence-corrected chi connectivity index (χ2v) is 5.84. The van der Waals surface area contributed by atoms with E-state index in [-0.39, 0.29) is 0 Å². The zero-order valence-corrected chi connectivity index (χ0v) is 14.6. The number of halogens is 1. The standard InChI is InChI=1S/C15H17ClN4O2S/c1-4-22-15(21)17-14-13(10(3)20-23-14)9(2)18-19-12-7-5-11(16)6-8-12/h5-8,19H,4H2,1-3H3,(H,17,21)/b18-9+. The van der Waals surface area contributed by atoms with Gasteiger partial charge in [0.05, 0.1) is 29.3 Å². The monoisotopic (exact) mass is 352 g/mol. The molecular formula is C15H17ClN4O2S. The van der Waals surface area contributed by atoms with Crippen LogP contribution in [0.5, 0.6) is 0 Å². The number of carbonyl (C=O) groups excluding carboxylic acids is 1. The van der Waals surface area contributed by atoms with Crippen molar-refractivity contribution in [1.82, 2.24) is 4.37 Å². The topological polar surface area (TPSA) is 75.6 Å². The molecule has 2 rings (SSSR count). The zero-order valence-electron chi connectivity index (χ0n) is 13.0. The average molecular weight is 353 g/mol. The van der Waals surface area contributed by atoms with Crippen LogP contribution in [0.25, 0.3) is 0 Å². The lowest BCUT2D eigenvalue weighted by Gasteiger charge is -2.07. The molecule has 0 unspecified atom stereocenters. The second-order valence-electron chi connectivity index (χ2n) is 4.63. The Morgan fingerprint density at radius 3 is 2.74 bits per heavy atom. The number of nitrogens with one attached hydrogen (secondary N) is 2. The van der Waals surface area contributed by atoms with E-state index in [4.69, 9.17) is 16.3 Å². The van der Waals surface area contributed by atoms with E-state index in [0.717, 1.165) is 16.9 Å². The Balaban J connectivity index is 2.16. The molecule has 1 amide bonds. The van der Waals surface area contributed by atoms with E-state index in [0.29, 0.717) is 22.3 Å². The molecule has 0 fully saturated rings. The fourth-order valence-electron chi connectivity index (χ4n) is 1.87. The van der Waals surface area contributed by atoms with Gasteiger partial charge in [-0.25, -0.2) is 4.79 Å². The van der Waals surface area contributed by atoms with Crippen LogP contribution in [0.4, 0.5) is 15.5 Å². The number of ether oxygens (including phenoxy) is 1. The first-order chi connectivity index (χ1) is 11.0. The molecule has 0 aliphatic rings. The van der Waals surface area contributed by atoms with Crippen molar-refractivity contribution in [2.24, 2.45) is 5.10 Å². The van der Waals surface area contributed by atoms with E-state index in [9.17, 15) is 4.79 Å². The number of aromatic nitrogens is 1. The molecule has 1 heterocycles. The highest BCUT2D eigenvalue weighted by atomic mass is 35.5. The molecular weight excluding hydrogens is 336 g/mol. The van der Waals surface area contributed by atoms with Gasteiger partial charge in [0.15, 0.2) is 0 Å². The summed E-state index contributed by atoms with van der Waals surface area (Å²) in [6, 6.07) is 7.21. The number of carbonyl (C=O) groups is 1. The molecule has 6 nitrogen and oxygen atoms in total. The molecule has 2 N–H and O–H groups in total. The summed E-state index contributed by atoms with van der Waals surface area (Å²) in [7, 11) is 0. The van der Waals surface area contributed by atoms with Gasteiger partial charge in [0.1, 0.15) is 5.00 Å². The van der Waals surface area contributed by atoms with Crippen molar-refractivity contribution in [1.29, 1.82) is 0 Å². The third-order valence-electron chi connectivity index (χ3n) is 2.91. The van der Waals surface area contributed by atoms with E-state index in [1.54, 1.807) is 19.1 Å². The van der Waals surface area contributed by atoms with Crippen molar-refractivity contribution < 1.29 is 9.53 Å². The first kappa shape index (κ1) is 17.2. The number of hydrazone groups is 1. The molecule has 0 atom stereocenters. The van der Waals surface area contributed by atoms with Crippen molar-refractivity contribution in [2.75, 3.05) is 17.3 Å². The van der Waals surface area contributed by atoms with Gasteiger partial charge in [-0.15, -0.1) is 0 Å². The van der Waals surface area contributed by atoms with Gasteiger partial charge in [-0.3, -0.25) is 10.7 Å². The van der Waals surface area contributed by atoms with Crippen molar-refractivity contribution in [3.63, 3.8) is 0 Å². The largest absolute Gasteiger partial charge is 0.450 e. The quantitative estimate of drug-likeness (QED) is 0.613. The number of anilines is 2. The van der Waals surface area contributed by atoms with E-state index in [1.165, 1.54) is 11.5 Å². The van der Waals surface area contributed by atoms with Gasteiger partial charge in [0.2, 0.25) is 0 Å². The predicted octanol–water partition coefficient (Wildman–Crippen LogP) is 4.51. The number of nitrogens with zero attached hydrogens (tertiary/aromatic N) is 2. The van der Waals surface area contributed by atoms with Gasteiger partial charge in [0.25, 0.3) is 0 Å². The summed E-state index contributed by atoms with van der Waals surface area (Å²) in [5.74, 6) is 0. The molecule has 122 valence electrons. The first-order valence-electron chi connectivity index (χ1n) is 6.97. The Morgan fingerprint density at radius 2 is 2.09 bits per heavy atom. The minimum atomic E-state index is -0.504. The highest BCUT2D eigenvalue weighted by Gasteiger charge is 2.16. The van der Waals surface area contributed by atoms with Crippen LogP contribution in [-0.4, -0.2) is 22.8 Å². The third-order valence-corrected chi connectivity index (χ3v) is 4.02. The number of aryl methyl sites for hydroxylation is 1. The van der Waals surface area contributed by atoms with E-state index >= 15 is 0 Å². The molecule has 0 bridgehead atoms. The minimum absolute atomic E-state index is 0.310. The lowest BCUT2D eigenvalue weighted by Crippen LogP contribution is -2.14. The van der Waals surface area contributed by atoms with E-state index in [2.05, 4.69) is 20.2 Å². The Labute approximate surface area is 143 Å². The molecule has 0 saturated heterocycles. The van der Waals surface area contributed by atoms with Crippen LogP contribution < -0.4 is 10.7 Å². The maximum atomic E-state index is 11.6. The Bertz CT molecular complexity index is 713. The van der Waals surface area contributed by atoms with Crippen LogP contribution >= 0.6 is 23.1 Å². The van der Waals surface area contributed by atoms with Crippen LogP contribution in [0.15, 0.2) is 29.4 Å². The van der Waals surface area contributed by atoms with Crippen LogP contribution in [0, 0.1) is 6.92 Å². The zero-order chi connectivity index (χ0) is 16.8. The van der Waals surface area contributed by atoms with Crippen LogP contribution in [0.2, 0.25) is 5.02 Å². The van der Waals surface area contributed by atoms with Gasteiger partial charge >= 0.3 is 6.09 Å². The van der Waals surface area contributed by atoms with Crippen molar-refractivity contribution in [3.8, 4) is 0 Å². The van der Waals surface area contributed by atoms with E-state index < -0.39 is 6.09 Å². The number of benzene rings is 1. The van der Waals surface area contributed by atoms with Gasteiger partial charge in [-0.05, 0) is 56.6 Å². The van der Waals surface area contributed by atoms with Gasteiger partial charge in [0, 0.05) is 5.02 Å². The average Bonchev–Trinajstić information content (AvgIpc) is 2.87. The highest BCUT2D eigenvalue weighted by molar-refractivity contribution is 7.11. The number of amides is 1. The first-order valence-corrected chi connectivity index (χ1v) is 8.12. The van der Waals surface area contributed by atoms with Gasteiger partial charge in [-0.2, -0.15) is 9.47 Å². The molecule has 1 aromatic carbocycles. The predicted molar refractivity (Wildman–Crippen MR) is 94.8 cm³/mol. The molecule has 0 saturated carbocycles. The van der Waals surface area contributed by atoms with Crippen LogP contribution in [0.1, 0.15) is 25.1 Å². The number of rotatable bonds is 5. The fourth-order valence-corrected chi connectivity index (χ4v) is 2.83. The van der Waals surface area contributed by atoms with Crippen molar-refractivity contribution >= 4 is 45.6 Å². The lowest BCUT2D eigenvalue weighted by molar-refractivity contribution is 0.168. The second kappa shape index (κ2) is 7.94. The van der Waals surface area contributed by atoms with Gasteiger partial charge < -0.3 is 4.74 Å². The summed E-state index contributed by atoms with van der Waals surface area (Å²) >= 11 is 7.04. The van der Waals surface area contributed by atoms with Crippen LogP contribution in [-0.2, 0) is 4.74 Å². The summed E-state index contributed by atoms with van der Waals surface area (Å²) < 4.78 is 9.15. The summed E-state index contributed by atoms with van der Waals surface area (Å²) in [4.78, 5) is 11.6. The van der Waals surface area contributed by atoms with Crippen molar-refractivity contribution in [2.45, 2.75) is 20.8 Å². The molecule has 1 aromatic heterocycles. The molecule has 2 aromatic rings. The normalized spacial score (nSPS) is 11.2. The molecule has 0 aliphatic heterocycles. The Morgan fingerprint density at radius 1 is 1.39 bits per heavy atom. The molecule has 23 heavy (non-hydrogen) atoms. The van der Waals surface area contributed by atoms with E-state index in [1.807, 2.05) is 26.0 Å².